The van der Waals surface area contributed by atoms with Crippen LogP contribution in [0.2, 0.25) is 0 Å². The molecule has 86 valence electrons. The number of thiazole rings is 1. The number of hydrogen-bond donors (Lipinski definition) is 2. The lowest BCUT2D eigenvalue weighted by Gasteiger charge is -2.00. The molecule has 0 aliphatic carbocycles. The summed E-state index contributed by atoms with van der Waals surface area (Å²) in [6.45, 7) is 5.97. The molecule has 5 heteroatoms. The lowest BCUT2D eigenvalue weighted by molar-refractivity contribution is 0.671. The molecule has 0 atom stereocenters. The van der Waals surface area contributed by atoms with Crippen LogP contribution in [0.1, 0.15) is 21.3 Å². The lowest BCUT2D eigenvalue weighted by Crippen LogP contribution is -2.16. The molecule has 0 radical (unpaired) electrons. The molecule has 0 spiro atoms. The Bertz CT molecular complexity index is 413. The van der Waals surface area contributed by atoms with Gasteiger partial charge in [0.05, 0.1) is 10.7 Å². The number of H-pyrrole nitrogens is 1. The molecule has 0 fully saturated rings. The van der Waals surface area contributed by atoms with E-state index in [2.05, 4.69) is 34.3 Å². The van der Waals surface area contributed by atoms with Gasteiger partial charge in [-0.25, -0.2) is 4.98 Å². The highest BCUT2D eigenvalue weighted by Crippen LogP contribution is 2.16. The molecule has 2 N–H and O–H groups in total. The number of nitrogens with one attached hydrogen (secondary N) is 2. The first-order valence-electron chi connectivity index (χ1n) is 5.37. The zero-order chi connectivity index (χ0) is 11.4. The summed E-state index contributed by atoms with van der Waals surface area (Å²) in [4.78, 5) is 5.83. The standard InChI is InChI=1S/C11H16N4S/c1-8-9(2)16-11(14-8)4-5-12-7-10-3-6-13-15-10/h3,6,12H,4-5,7H2,1-2H3,(H,13,15). The molecule has 0 unspecified atom stereocenters. The summed E-state index contributed by atoms with van der Waals surface area (Å²) in [5.41, 5.74) is 2.28. The largest absolute Gasteiger partial charge is 0.311 e. The first-order valence-corrected chi connectivity index (χ1v) is 6.19. The van der Waals surface area contributed by atoms with Gasteiger partial charge in [0.25, 0.3) is 0 Å². The van der Waals surface area contributed by atoms with Crippen molar-refractivity contribution in [2.24, 2.45) is 0 Å². The fraction of sp³-hybridized carbons (Fsp3) is 0.455. The number of rotatable bonds is 5. The van der Waals surface area contributed by atoms with E-state index in [0.29, 0.717) is 0 Å². The van der Waals surface area contributed by atoms with Crippen LogP contribution in [0.5, 0.6) is 0 Å². The molecule has 0 saturated heterocycles. The quantitative estimate of drug-likeness (QED) is 0.779. The summed E-state index contributed by atoms with van der Waals surface area (Å²) < 4.78 is 0. The van der Waals surface area contributed by atoms with Gasteiger partial charge in [0.2, 0.25) is 0 Å². The van der Waals surface area contributed by atoms with Crippen molar-refractivity contribution in [3.8, 4) is 0 Å². The van der Waals surface area contributed by atoms with E-state index in [-0.39, 0.29) is 0 Å². The molecule has 16 heavy (non-hydrogen) atoms. The number of aromatic amines is 1. The first kappa shape index (κ1) is 11.3. The van der Waals surface area contributed by atoms with E-state index >= 15 is 0 Å². The van der Waals surface area contributed by atoms with Crippen LogP contribution in [0.25, 0.3) is 0 Å². The molecule has 0 aliphatic heterocycles. The van der Waals surface area contributed by atoms with Crippen LogP contribution >= 0.6 is 11.3 Å². The van der Waals surface area contributed by atoms with Crippen LogP contribution in [-0.2, 0) is 13.0 Å². The van der Waals surface area contributed by atoms with Crippen LogP contribution in [0, 0.1) is 13.8 Å². The SMILES string of the molecule is Cc1nc(CCNCc2ccn[nH]2)sc1C. The zero-order valence-corrected chi connectivity index (χ0v) is 10.4. The Balaban J connectivity index is 1.72. The zero-order valence-electron chi connectivity index (χ0n) is 9.58. The third-order valence-electron chi connectivity index (χ3n) is 2.46. The molecule has 0 bridgehead atoms. The van der Waals surface area contributed by atoms with Crippen molar-refractivity contribution in [2.45, 2.75) is 26.8 Å². The van der Waals surface area contributed by atoms with Crippen molar-refractivity contribution in [3.63, 3.8) is 0 Å². The number of aromatic nitrogens is 3. The molecule has 0 amide bonds. The summed E-state index contributed by atoms with van der Waals surface area (Å²) in [6.07, 6.45) is 2.76. The smallest absolute Gasteiger partial charge is 0.0943 e. The van der Waals surface area contributed by atoms with Crippen LogP contribution in [0.15, 0.2) is 12.3 Å². The van der Waals surface area contributed by atoms with Crippen LogP contribution in [-0.4, -0.2) is 21.7 Å². The van der Waals surface area contributed by atoms with Gasteiger partial charge in [0.1, 0.15) is 0 Å². The normalized spacial score (nSPS) is 10.9. The molecule has 2 rings (SSSR count). The minimum Gasteiger partial charge on any atom is -0.311 e. The summed E-state index contributed by atoms with van der Waals surface area (Å²) in [6, 6.07) is 1.98. The predicted octanol–water partition coefficient (Wildman–Crippen LogP) is 1.82. The van der Waals surface area contributed by atoms with Crippen molar-refractivity contribution in [1.82, 2.24) is 20.5 Å². The maximum Gasteiger partial charge on any atom is 0.0943 e. The summed E-state index contributed by atoms with van der Waals surface area (Å²) in [5.74, 6) is 0. The lowest BCUT2D eigenvalue weighted by atomic mass is 10.4. The van der Waals surface area contributed by atoms with Crippen molar-refractivity contribution >= 4 is 11.3 Å². The van der Waals surface area contributed by atoms with Crippen LogP contribution in [0.4, 0.5) is 0 Å². The Morgan fingerprint density at radius 3 is 2.94 bits per heavy atom. The second-order valence-corrected chi connectivity index (χ2v) is 5.05. The van der Waals surface area contributed by atoms with E-state index in [4.69, 9.17) is 0 Å². The Hall–Kier alpha value is -1.20. The second-order valence-electron chi connectivity index (χ2n) is 3.76. The monoisotopic (exact) mass is 236 g/mol. The highest BCUT2D eigenvalue weighted by atomic mass is 32.1. The average molecular weight is 236 g/mol. The van der Waals surface area contributed by atoms with Gasteiger partial charge in [0.15, 0.2) is 0 Å². The van der Waals surface area contributed by atoms with E-state index < -0.39 is 0 Å². The maximum atomic E-state index is 4.50. The number of aryl methyl sites for hydroxylation is 2. The van der Waals surface area contributed by atoms with Crippen molar-refractivity contribution < 1.29 is 0 Å². The van der Waals surface area contributed by atoms with E-state index in [1.807, 2.05) is 6.07 Å². The molecule has 0 aliphatic rings. The van der Waals surface area contributed by atoms with Gasteiger partial charge in [-0.15, -0.1) is 11.3 Å². The van der Waals surface area contributed by atoms with E-state index in [1.54, 1.807) is 17.5 Å². The van der Waals surface area contributed by atoms with Crippen LogP contribution in [0.3, 0.4) is 0 Å². The highest BCUT2D eigenvalue weighted by molar-refractivity contribution is 7.11. The average Bonchev–Trinajstić information content (AvgIpc) is 2.85. The molecule has 4 nitrogen and oxygen atoms in total. The van der Waals surface area contributed by atoms with Gasteiger partial charge in [0, 0.05) is 36.3 Å². The van der Waals surface area contributed by atoms with Gasteiger partial charge >= 0.3 is 0 Å². The summed E-state index contributed by atoms with van der Waals surface area (Å²) >= 11 is 1.79. The molecule has 0 aromatic carbocycles. The first-order chi connectivity index (χ1) is 7.75. The van der Waals surface area contributed by atoms with Crippen molar-refractivity contribution in [3.05, 3.63) is 33.5 Å². The fourth-order valence-corrected chi connectivity index (χ4v) is 2.38. The topological polar surface area (TPSA) is 53.6 Å². The van der Waals surface area contributed by atoms with E-state index in [0.717, 1.165) is 30.9 Å². The van der Waals surface area contributed by atoms with Crippen LogP contribution < -0.4 is 5.32 Å². The Kier molecular flexibility index (Phi) is 3.69. The maximum absolute atomic E-state index is 4.50. The summed E-state index contributed by atoms with van der Waals surface area (Å²) in [5, 5.41) is 11.4. The molecular weight excluding hydrogens is 220 g/mol. The fourth-order valence-electron chi connectivity index (χ4n) is 1.45. The molecule has 0 saturated carbocycles. The van der Waals surface area contributed by atoms with Gasteiger partial charge in [-0.3, -0.25) is 5.10 Å². The van der Waals surface area contributed by atoms with Gasteiger partial charge in [-0.05, 0) is 19.9 Å². The van der Waals surface area contributed by atoms with Crippen molar-refractivity contribution in [1.29, 1.82) is 0 Å². The van der Waals surface area contributed by atoms with Gasteiger partial charge in [-0.1, -0.05) is 0 Å². The van der Waals surface area contributed by atoms with E-state index in [1.165, 1.54) is 9.88 Å². The Labute approximate surface area is 99.1 Å². The third kappa shape index (κ3) is 2.90. The number of hydrogen-bond acceptors (Lipinski definition) is 4. The molecule has 2 aromatic rings. The molecular formula is C11H16N4S. The Morgan fingerprint density at radius 2 is 2.31 bits per heavy atom. The molecule has 2 aromatic heterocycles. The minimum absolute atomic E-state index is 0.837. The van der Waals surface area contributed by atoms with Gasteiger partial charge in [-0.2, -0.15) is 5.10 Å². The highest BCUT2D eigenvalue weighted by Gasteiger charge is 2.02. The summed E-state index contributed by atoms with van der Waals surface area (Å²) in [7, 11) is 0. The van der Waals surface area contributed by atoms with E-state index in [9.17, 15) is 0 Å². The molecule has 2 heterocycles. The Morgan fingerprint density at radius 1 is 1.44 bits per heavy atom. The second kappa shape index (κ2) is 5.23. The number of nitrogens with zero attached hydrogens (tertiary/aromatic N) is 2. The van der Waals surface area contributed by atoms with Gasteiger partial charge < -0.3 is 5.32 Å². The predicted molar refractivity (Wildman–Crippen MR) is 65.6 cm³/mol. The third-order valence-corrected chi connectivity index (χ3v) is 3.59. The van der Waals surface area contributed by atoms with Crippen molar-refractivity contribution in [2.75, 3.05) is 6.54 Å². The minimum atomic E-state index is 0.837.